The zero-order valence-corrected chi connectivity index (χ0v) is 12.5. The summed E-state index contributed by atoms with van der Waals surface area (Å²) >= 11 is 0. The molecule has 0 atom stereocenters. The maximum absolute atomic E-state index is 11.7. The molecule has 0 aliphatic carbocycles. The summed E-state index contributed by atoms with van der Waals surface area (Å²) in [7, 11) is -2.46. The van der Waals surface area contributed by atoms with E-state index in [9.17, 15) is 18.0 Å². The fourth-order valence-electron chi connectivity index (χ4n) is 1.58. The molecule has 1 rings (SSSR count). The predicted octanol–water partition coefficient (Wildman–Crippen LogP) is -0.159. The minimum Gasteiger partial charge on any atom is -0.478 e. The predicted molar refractivity (Wildman–Crippen MR) is 76.8 cm³/mol. The van der Waals surface area contributed by atoms with Crippen molar-refractivity contribution < 1.29 is 23.1 Å². The minimum atomic E-state index is -3.71. The third-order valence-electron chi connectivity index (χ3n) is 2.61. The first-order valence-electron chi connectivity index (χ1n) is 6.07. The fraction of sp³-hybridized carbons (Fsp3) is 0.333. The minimum absolute atomic E-state index is 0.130. The van der Waals surface area contributed by atoms with E-state index >= 15 is 0 Å². The van der Waals surface area contributed by atoms with Crippen molar-refractivity contribution in [2.45, 2.75) is 11.8 Å². The summed E-state index contributed by atoms with van der Waals surface area (Å²) in [5.41, 5.74) is 0.122. The van der Waals surface area contributed by atoms with E-state index < -0.39 is 16.0 Å². The quantitative estimate of drug-likeness (QED) is 0.518. The summed E-state index contributed by atoms with van der Waals surface area (Å²) < 4.78 is 25.4. The van der Waals surface area contributed by atoms with Gasteiger partial charge in [0, 0.05) is 25.7 Å². The molecule has 9 heteroatoms. The Balaban J connectivity index is 2.95. The lowest BCUT2D eigenvalue weighted by molar-refractivity contribution is -0.118. The maximum atomic E-state index is 11.7. The summed E-state index contributed by atoms with van der Waals surface area (Å²) in [6.07, 6.45) is 0. The molecule has 4 N–H and O–H groups in total. The summed E-state index contributed by atoms with van der Waals surface area (Å²) in [6.45, 7) is 2.02. The molecule has 0 aliphatic rings. The van der Waals surface area contributed by atoms with Gasteiger partial charge in [0.05, 0.1) is 10.5 Å². The van der Waals surface area contributed by atoms with Gasteiger partial charge in [-0.25, -0.2) is 17.9 Å². The Morgan fingerprint density at radius 1 is 1.24 bits per heavy atom. The molecule has 0 bridgehead atoms. The van der Waals surface area contributed by atoms with Gasteiger partial charge in [0.25, 0.3) is 0 Å². The van der Waals surface area contributed by atoms with Crippen LogP contribution in [0.5, 0.6) is 0 Å². The molecular formula is C12H17N3O5S. The van der Waals surface area contributed by atoms with Crippen molar-refractivity contribution in [3.63, 3.8) is 0 Å². The molecule has 1 aromatic carbocycles. The van der Waals surface area contributed by atoms with Crippen molar-refractivity contribution in [1.82, 2.24) is 10.0 Å². The van der Waals surface area contributed by atoms with E-state index in [1.807, 2.05) is 0 Å². The highest BCUT2D eigenvalue weighted by Gasteiger charge is 2.17. The van der Waals surface area contributed by atoms with Crippen LogP contribution < -0.4 is 15.4 Å². The average molecular weight is 315 g/mol. The number of rotatable bonds is 7. The largest absolute Gasteiger partial charge is 0.478 e. The summed E-state index contributed by atoms with van der Waals surface area (Å²) in [5.74, 6) is -1.43. The van der Waals surface area contributed by atoms with Gasteiger partial charge < -0.3 is 15.7 Å². The number of aromatic carboxylic acids is 1. The van der Waals surface area contributed by atoms with Gasteiger partial charge in [-0.3, -0.25) is 4.79 Å². The number of carboxylic acids is 1. The van der Waals surface area contributed by atoms with Gasteiger partial charge in [0.15, 0.2) is 0 Å². The first kappa shape index (κ1) is 16.9. The third-order valence-corrected chi connectivity index (χ3v) is 4.03. The number of carboxylic acid groups (broad SMARTS) is 1. The van der Waals surface area contributed by atoms with Crippen molar-refractivity contribution >= 4 is 27.6 Å². The van der Waals surface area contributed by atoms with Crippen molar-refractivity contribution in [2.75, 3.05) is 25.5 Å². The highest BCUT2D eigenvalue weighted by molar-refractivity contribution is 7.89. The second-order valence-corrected chi connectivity index (χ2v) is 6.02. The Morgan fingerprint density at radius 3 is 2.43 bits per heavy atom. The average Bonchev–Trinajstić information content (AvgIpc) is 2.43. The summed E-state index contributed by atoms with van der Waals surface area (Å²) in [5, 5.41) is 14.5. The molecule has 0 saturated heterocycles. The topological polar surface area (TPSA) is 125 Å². The third kappa shape index (κ3) is 4.72. The summed E-state index contributed by atoms with van der Waals surface area (Å²) in [6, 6.07) is 3.76. The highest BCUT2D eigenvalue weighted by atomic mass is 32.2. The normalized spacial score (nSPS) is 11.0. The standard InChI is InChI=1S/C12H17N3O5S/c1-8(16)14-5-6-15-11-4-3-9(21(19,20)13-2)7-10(11)12(17)18/h3-4,7,13,15H,5-6H2,1-2H3,(H,14,16)(H,17,18). The Bertz CT molecular complexity index is 642. The Labute approximate surface area is 122 Å². The van der Waals surface area contributed by atoms with E-state index in [0.717, 1.165) is 6.07 Å². The zero-order chi connectivity index (χ0) is 16.0. The summed E-state index contributed by atoms with van der Waals surface area (Å²) in [4.78, 5) is 21.8. The van der Waals surface area contributed by atoms with Gasteiger partial charge in [0.2, 0.25) is 15.9 Å². The number of carbonyl (C=O) groups excluding carboxylic acids is 1. The number of hydrogen-bond acceptors (Lipinski definition) is 5. The van der Waals surface area contributed by atoms with Crippen molar-refractivity contribution in [3.05, 3.63) is 23.8 Å². The number of nitrogens with one attached hydrogen (secondary N) is 3. The Morgan fingerprint density at radius 2 is 1.90 bits per heavy atom. The molecule has 116 valence electrons. The first-order chi connectivity index (χ1) is 9.77. The van der Waals surface area contributed by atoms with Crippen LogP contribution >= 0.6 is 0 Å². The molecule has 21 heavy (non-hydrogen) atoms. The molecule has 0 unspecified atom stereocenters. The van der Waals surface area contributed by atoms with Crippen LogP contribution in [0.25, 0.3) is 0 Å². The van der Waals surface area contributed by atoms with Crippen LogP contribution in [0.1, 0.15) is 17.3 Å². The number of anilines is 1. The van der Waals surface area contributed by atoms with E-state index in [1.54, 1.807) is 0 Å². The lowest BCUT2D eigenvalue weighted by Crippen LogP contribution is -2.26. The molecular weight excluding hydrogens is 298 g/mol. The van der Waals surface area contributed by atoms with Crippen LogP contribution in [0.15, 0.2) is 23.1 Å². The fourth-order valence-corrected chi connectivity index (χ4v) is 2.33. The van der Waals surface area contributed by atoms with Crippen molar-refractivity contribution in [3.8, 4) is 0 Å². The van der Waals surface area contributed by atoms with E-state index in [1.165, 1.54) is 26.1 Å². The number of carbonyl (C=O) groups is 2. The van der Waals surface area contributed by atoms with Crippen LogP contribution in [0.2, 0.25) is 0 Å². The van der Waals surface area contributed by atoms with Crippen molar-refractivity contribution in [1.29, 1.82) is 0 Å². The zero-order valence-electron chi connectivity index (χ0n) is 11.6. The number of sulfonamides is 1. The van der Waals surface area contributed by atoms with Crippen molar-refractivity contribution in [2.24, 2.45) is 0 Å². The number of benzene rings is 1. The van der Waals surface area contributed by atoms with Crippen LogP contribution in [-0.4, -0.2) is 45.5 Å². The Hall–Kier alpha value is -2.13. The van der Waals surface area contributed by atoms with Gasteiger partial charge in [0.1, 0.15) is 0 Å². The molecule has 0 aromatic heterocycles. The SMILES string of the molecule is CNS(=O)(=O)c1ccc(NCCNC(C)=O)c(C(=O)O)c1. The molecule has 0 fully saturated rings. The van der Waals surface area contributed by atoms with Gasteiger partial charge in [-0.15, -0.1) is 0 Å². The molecule has 0 spiro atoms. The van der Waals surface area contributed by atoms with Crippen LogP contribution in [-0.2, 0) is 14.8 Å². The molecule has 0 radical (unpaired) electrons. The van der Waals surface area contributed by atoms with Crippen LogP contribution in [0.3, 0.4) is 0 Å². The Kier molecular flexibility index (Phi) is 5.68. The maximum Gasteiger partial charge on any atom is 0.337 e. The van der Waals surface area contributed by atoms with Gasteiger partial charge in [-0.1, -0.05) is 0 Å². The monoisotopic (exact) mass is 315 g/mol. The van der Waals surface area contributed by atoms with E-state index in [-0.39, 0.29) is 22.1 Å². The van der Waals surface area contributed by atoms with Gasteiger partial charge in [-0.05, 0) is 25.2 Å². The van der Waals surface area contributed by atoms with Gasteiger partial charge in [-0.2, -0.15) is 0 Å². The lowest BCUT2D eigenvalue weighted by Gasteiger charge is -2.11. The van der Waals surface area contributed by atoms with E-state index in [0.29, 0.717) is 13.1 Å². The highest BCUT2D eigenvalue weighted by Crippen LogP contribution is 2.20. The molecule has 8 nitrogen and oxygen atoms in total. The van der Waals surface area contributed by atoms with Crippen LogP contribution in [0.4, 0.5) is 5.69 Å². The smallest absolute Gasteiger partial charge is 0.337 e. The van der Waals surface area contributed by atoms with E-state index in [4.69, 9.17) is 5.11 Å². The van der Waals surface area contributed by atoms with Gasteiger partial charge >= 0.3 is 5.97 Å². The lowest BCUT2D eigenvalue weighted by atomic mass is 10.2. The molecule has 0 saturated carbocycles. The molecule has 1 aromatic rings. The van der Waals surface area contributed by atoms with Crippen LogP contribution in [0, 0.1) is 0 Å². The first-order valence-corrected chi connectivity index (χ1v) is 7.55. The second-order valence-electron chi connectivity index (χ2n) is 4.13. The number of amides is 1. The molecule has 0 heterocycles. The second kappa shape index (κ2) is 7.04. The molecule has 1 amide bonds. The van der Waals surface area contributed by atoms with E-state index in [2.05, 4.69) is 15.4 Å². The molecule has 0 aliphatic heterocycles. The number of hydrogen-bond donors (Lipinski definition) is 4.